The van der Waals surface area contributed by atoms with Crippen molar-refractivity contribution in [1.29, 1.82) is 0 Å². The van der Waals surface area contributed by atoms with E-state index in [0.29, 0.717) is 17.0 Å². The molecule has 3 aromatic rings. The minimum atomic E-state index is -4.67. The van der Waals surface area contributed by atoms with E-state index in [0.717, 1.165) is 5.56 Å². The third kappa shape index (κ3) is 9.63. The van der Waals surface area contributed by atoms with Crippen molar-refractivity contribution in [3.63, 3.8) is 0 Å². The summed E-state index contributed by atoms with van der Waals surface area (Å²) in [4.78, 5) is 24.7. The maximum atomic E-state index is 14.9. The van der Waals surface area contributed by atoms with Gasteiger partial charge in [0.25, 0.3) is 0 Å². The molecule has 7 nitrogen and oxygen atoms in total. The molecule has 1 aliphatic rings. The minimum Gasteiger partial charge on any atom is -0.465 e. The SMILES string of the molecule is O=C(C[C@H](c1ccc(F)cc1)c1ccc(Cl)cc1)Nc1cccc(F)c1CCC1CNC(CN(CC(F)(F)F)C(=O)O)CO1. The summed E-state index contributed by atoms with van der Waals surface area (Å²) >= 11 is 6.04. The van der Waals surface area contributed by atoms with Crippen molar-refractivity contribution in [3.8, 4) is 0 Å². The number of carboxylic acid groups (broad SMARTS) is 1. The van der Waals surface area contributed by atoms with Crippen LogP contribution in [0.15, 0.2) is 66.7 Å². The summed E-state index contributed by atoms with van der Waals surface area (Å²) in [5.41, 5.74) is 2.06. The van der Waals surface area contributed by atoms with Crippen LogP contribution in [0.25, 0.3) is 0 Å². The fourth-order valence-electron chi connectivity index (χ4n) is 5.10. The van der Waals surface area contributed by atoms with E-state index in [1.807, 2.05) is 0 Å². The Balaban J connectivity index is 1.37. The monoisotopic (exact) mass is 639 g/mol. The molecular weight excluding hydrogens is 609 g/mol. The Hall–Kier alpha value is -3.74. The summed E-state index contributed by atoms with van der Waals surface area (Å²) in [7, 11) is 0. The van der Waals surface area contributed by atoms with Crippen molar-refractivity contribution in [3.05, 3.63) is 100 Å². The molecule has 1 saturated heterocycles. The molecule has 0 radical (unpaired) electrons. The van der Waals surface area contributed by atoms with Gasteiger partial charge in [0.2, 0.25) is 5.91 Å². The Morgan fingerprint density at radius 2 is 1.70 bits per heavy atom. The maximum Gasteiger partial charge on any atom is 0.407 e. The lowest BCUT2D eigenvalue weighted by Gasteiger charge is -2.33. The number of hydrogen-bond donors (Lipinski definition) is 3. The van der Waals surface area contributed by atoms with E-state index in [9.17, 15) is 31.5 Å². The Labute approximate surface area is 256 Å². The van der Waals surface area contributed by atoms with Gasteiger partial charge in [-0.2, -0.15) is 13.2 Å². The average Bonchev–Trinajstić information content (AvgIpc) is 2.96. The highest BCUT2D eigenvalue weighted by Gasteiger charge is 2.35. The molecule has 1 heterocycles. The predicted molar refractivity (Wildman–Crippen MR) is 155 cm³/mol. The van der Waals surface area contributed by atoms with Gasteiger partial charge in [-0.05, 0) is 60.4 Å². The van der Waals surface area contributed by atoms with Gasteiger partial charge in [-0.1, -0.05) is 41.9 Å². The number of nitrogens with one attached hydrogen (secondary N) is 2. The van der Waals surface area contributed by atoms with Crippen LogP contribution in [0.5, 0.6) is 0 Å². The van der Waals surface area contributed by atoms with Crippen molar-refractivity contribution >= 4 is 29.3 Å². The van der Waals surface area contributed by atoms with E-state index >= 15 is 0 Å². The lowest BCUT2D eigenvalue weighted by atomic mass is 9.88. The van der Waals surface area contributed by atoms with E-state index in [2.05, 4.69) is 10.6 Å². The van der Waals surface area contributed by atoms with Gasteiger partial charge < -0.3 is 20.5 Å². The second-order valence-electron chi connectivity index (χ2n) is 10.6. The number of nitrogens with zero attached hydrogens (tertiary/aromatic N) is 1. The molecule has 0 aromatic heterocycles. The highest BCUT2D eigenvalue weighted by Crippen LogP contribution is 2.31. The first-order valence-corrected chi connectivity index (χ1v) is 14.2. The second kappa shape index (κ2) is 14.8. The zero-order valence-corrected chi connectivity index (χ0v) is 24.2. The number of halogens is 6. The molecule has 2 amide bonds. The summed E-state index contributed by atoms with van der Waals surface area (Å²) in [5, 5.41) is 15.4. The summed E-state index contributed by atoms with van der Waals surface area (Å²) < 4.78 is 72.4. The summed E-state index contributed by atoms with van der Waals surface area (Å²) in [5.74, 6) is -1.75. The van der Waals surface area contributed by atoms with Crippen LogP contribution in [-0.4, -0.2) is 66.6 Å². The first kappa shape index (κ1) is 33.2. The Morgan fingerprint density at radius 3 is 2.30 bits per heavy atom. The van der Waals surface area contributed by atoms with E-state index in [1.165, 1.54) is 24.3 Å². The van der Waals surface area contributed by atoms with Crippen LogP contribution < -0.4 is 10.6 Å². The Bertz CT molecular complexity index is 1370. The van der Waals surface area contributed by atoms with Gasteiger partial charge in [-0.3, -0.25) is 9.69 Å². The molecule has 4 rings (SSSR count). The summed E-state index contributed by atoms with van der Waals surface area (Å²) in [6, 6.07) is 16.5. The van der Waals surface area contributed by atoms with Crippen LogP contribution >= 0.6 is 11.6 Å². The number of amides is 2. The van der Waals surface area contributed by atoms with Crippen molar-refractivity contribution in [2.75, 3.05) is 31.6 Å². The van der Waals surface area contributed by atoms with Crippen LogP contribution in [0, 0.1) is 11.6 Å². The van der Waals surface area contributed by atoms with E-state index in [1.54, 1.807) is 42.5 Å². The zero-order valence-electron chi connectivity index (χ0n) is 23.4. The molecular formula is C31H31ClF5N3O4. The van der Waals surface area contributed by atoms with Crippen LogP contribution in [0.4, 0.5) is 32.4 Å². The predicted octanol–water partition coefficient (Wildman–Crippen LogP) is 6.61. The van der Waals surface area contributed by atoms with Gasteiger partial charge in [0, 0.05) is 47.7 Å². The van der Waals surface area contributed by atoms with Gasteiger partial charge in [0.15, 0.2) is 0 Å². The average molecular weight is 640 g/mol. The van der Waals surface area contributed by atoms with E-state index in [-0.39, 0.29) is 48.1 Å². The number of anilines is 1. The molecule has 3 N–H and O–H groups in total. The number of hydrogen-bond acceptors (Lipinski definition) is 4. The number of ether oxygens (including phenoxy) is 1. The number of carbonyl (C=O) groups excluding carboxylic acids is 1. The number of morpholine rings is 1. The summed E-state index contributed by atoms with van der Waals surface area (Å²) in [6.07, 6.45) is -6.26. The largest absolute Gasteiger partial charge is 0.465 e. The molecule has 236 valence electrons. The molecule has 0 bridgehead atoms. The quantitative estimate of drug-likeness (QED) is 0.206. The van der Waals surface area contributed by atoms with Crippen molar-refractivity contribution in [2.45, 2.75) is 43.5 Å². The van der Waals surface area contributed by atoms with E-state index in [4.69, 9.17) is 21.4 Å². The molecule has 2 unspecified atom stereocenters. The highest BCUT2D eigenvalue weighted by molar-refractivity contribution is 6.30. The molecule has 13 heteroatoms. The van der Waals surface area contributed by atoms with Gasteiger partial charge in [0.05, 0.1) is 12.7 Å². The van der Waals surface area contributed by atoms with Gasteiger partial charge in [-0.15, -0.1) is 0 Å². The van der Waals surface area contributed by atoms with Gasteiger partial charge >= 0.3 is 12.3 Å². The lowest BCUT2D eigenvalue weighted by Crippen LogP contribution is -2.53. The van der Waals surface area contributed by atoms with Crippen LogP contribution in [0.2, 0.25) is 5.02 Å². The first-order chi connectivity index (χ1) is 20.9. The third-order valence-corrected chi connectivity index (χ3v) is 7.54. The Morgan fingerprint density at radius 1 is 1.05 bits per heavy atom. The fraction of sp³-hybridized carbons (Fsp3) is 0.355. The van der Waals surface area contributed by atoms with Crippen LogP contribution in [-0.2, 0) is 16.0 Å². The number of rotatable bonds is 11. The molecule has 0 saturated carbocycles. The van der Waals surface area contributed by atoms with E-state index < -0.39 is 55.1 Å². The fourth-order valence-corrected chi connectivity index (χ4v) is 5.23. The summed E-state index contributed by atoms with van der Waals surface area (Å²) in [6.45, 7) is -1.79. The molecule has 1 aliphatic heterocycles. The van der Waals surface area contributed by atoms with Crippen LogP contribution in [0.3, 0.4) is 0 Å². The van der Waals surface area contributed by atoms with Crippen molar-refractivity contribution in [1.82, 2.24) is 10.2 Å². The number of alkyl halides is 3. The molecule has 0 aliphatic carbocycles. The van der Waals surface area contributed by atoms with Gasteiger partial charge in [0.1, 0.15) is 18.2 Å². The zero-order chi connectivity index (χ0) is 31.9. The Kier molecular flexibility index (Phi) is 11.2. The van der Waals surface area contributed by atoms with Crippen molar-refractivity contribution in [2.24, 2.45) is 0 Å². The number of carbonyl (C=O) groups is 2. The maximum absolute atomic E-state index is 14.9. The van der Waals surface area contributed by atoms with Crippen molar-refractivity contribution < 1.29 is 41.4 Å². The molecule has 44 heavy (non-hydrogen) atoms. The highest BCUT2D eigenvalue weighted by atomic mass is 35.5. The lowest BCUT2D eigenvalue weighted by molar-refractivity contribution is -0.143. The molecule has 0 spiro atoms. The van der Waals surface area contributed by atoms with Crippen LogP contribution in [0.1, 0.15) is 35.4 Å². The number of benzene rings is 3. The first-order valence-electron chi connectivity index (χ1n) is 13.9. The molecule has 1 fully saturated rings. The standard InChI is InChI=1S/C31H31ClF5N3O4/c32-21-8-4-19(5-9-21)26(20-6-10-22(33)11-7-20)14-29(41)39-28-3-1-2-27(34)25(28)13-12-24-15-38-23(17-44-24)16-40(30(42)43)18-31(35,36)37/h1-11,23-24,26,38H,12-18H2,(H,39,41)(H,42,43)/t23?,24?,26-/m0/s1. The topological polar surface area (TPSA) is 90.9 Å². The molecule has 3 aromatic carbocycles. The molecule has 3 atom stereocenters. The smallest absolute Gasteiger partial charge is 0.407 e. The van der Waals surface area contributed by atoms with Gasteiger partial charge in [-0.25, -0.2) is 13.6 Å². The second-order valence-corrected chi connectivity index (χ2v) is 11.0. The third-order valence-electron chi connectivity index (χ3n) is 7.29. The minimum absolute atomic E-state index is 0.0119. The normalized spacial score (nSPS) is 17.6.